The zero-order valence-corrected chi connectivity index (χ0v) is 19.4. The van der Waals surface area contributed by atoms with Gasteiger partial charge in [-0.15, -0.1) is 0 Å². The third-order valence-corrected chi connectivity index (χ3v) is 3.18. The Bertz CT molecular complexity index is 333. The summed E-state index contributed by atoms with van der Waals surface area (Å²) in [6.07, 6.45) is 9.62. The van der Waals surface area contributed by atoms with Crippen molar-refractivity contribution >= 4 is 16.6 Å². The summed E-state index contributed by atoms with van der Waals surface area (Å²) in [5.74, 6) is 0. The van der Waals surface area contributed by atoms with Crippen LogP contribution in [0.15, 0.2) is 0 Å². The van der Waals surface area contributed by atoms with Gasteiger partial charge in [0.25, 0.3) is 0 Å². The van der Waals surface area contributed by atoms with Gasteiger partial charge in [0.05, 0.1) is 6.61 Å². The summed E-state index contributed by atoms with van der Waals surface area (Å²) >= 11 is 0. The molecular formula is C13H26Na2O7S. The molecule has 0 aromatic heterocycles. The fraction of sp³-hybridized carbons (Fsp3) is 0.923. The molecule has 0 heterocycles. The van der Waals surface area contributed by atoms with Gasteiger partial charge in [0.2, 0.25) is 16.6 Å². The van der Waals surface area contributed by atoms with Crippen LogP contribution in [0.3, 0.4) is 0 Å². The van der Waals surface area contributed by atoms with E-state index in [0.29, 0.717) is 6.42 Å². The Morgan fingerprint density at radius 3 is 1.52 bits per heavy atom. The molecule has 7 nitrogen and oxygen atoms in total. The Morgan fingerprint density at radius 1 is 0.913 bits per heavy atom. The van der Waals surface area contributed by atoms with E-state index in [4.69, 9.17) is 15.0 Å². The quantitative estimate of drug-likeness (QED) is 0.162. The normalized spacial score (nSPS) is 9.83. The first kappa shape index (κ1) is 31.9. The van der Waals surface area contributed by atoms with Gasteiger partial charge in [-0.2, -0.15) is 0 Å². The molecule has 0 spiro atoms. The van der Waals surface area contributed by atoms with E-state index >= 15 is 0 Å². The van der Waals surface area contributed by atoms with Gasteiger partial charge in [-0.3, -0.25) is 4.18 Å². The van der Waals surface area contributed by atoms with Crippen molar-refractivity contribution in [1.29, 1.82) is 0 Å². The van der Waals surface area contributed by atoms with E-state index in [9.17, 15) is 13.0 Å². The molecule has 0 unspecified atom stereocenters. The summed E-state index contributed by atoms with van der Waals surface area (Å²) in [7, 11) is -4.48. The monoisotopic (exact) mass is 372 g/mol. The zero-order valence-electron chi connectivity index (χ0n) is 14.6. The SMILES string of the molecule is CCCCCCCCCCCCOS(=O)(=O)[O-].O=C([O-])O.[Na+].[Na+]. The second-order valence-electron chi connectivity index (χ2n) is 4.68. The topological polar surface area (TPSA) is 127 Å². The van der Waals surface area contributed by atoms with Crippen molar-refractivity contribution < 1.29 is 91.3 Å². The van der Waals surface area contributed by atoms with E-state index in [1.54, 1.807) is 0 Å². The molecule has 0 saturated heterocycles. The van der Waals surface area contributed by atoms with Crippen LogP contribution < -0.4 is 64.2 Å². The van der Waals surface area contributed by atoms with Crippen LogP contribution in [-0.4, -0.2) is 30.8 Å². The van der Waals surface area contributed by atoms with Crippen molar-refractivity contribution in [3.05, 3.63) is 0 Å². The Labute approximate surface area is 184 Å². The zero-order chi connectivity index (χ0) is 16.6. The molecule has 1 N–H and O–H groups in total. The first-order chi connectivity index (χ1) is 9.79. The fourth-order valence-corrected chi connectivity index (χ4v) is 2.07. The second-order valence-corrected chi connectivity index (χ2v) is 5.73. The van der Waals surface area contributed by atoms with Crippen LogP contribution in [0.1, 0.15) is 71.1 Å². The van der Waals surface area contributed by atoms with Crippen LogP contribution in [0.5, 0.6) is 0 Å². The molecule has 0 aliphatic heterocycles. The summed E-state index contributed by atoms with van der Waals surface area (Å²) in [6.45, 7) is 2.24. The molecule has 0 aromatic rings. The second kappa shape index (κ2) is 23.1. The molecule has 0 aliphatic carbocycles. The number of carbonyl (C=O) groups is 1. The predicted molar refractivity (Wildman–Crippen MR) is 75.5 cm³/mol. The Balaban J connectivity index is -0.000000268. The van der Waals surface area contributed by atoms with Crippen LogP contribution in [0.4, 0.5) is 4.79 Å². The standard InChI is InChI=1S/C12H26O4S.CH2O3.2Na/c1-2-3-4-5-6-7-8-9-10-11-12-16-17(13,14)15;2-1(3)4;;/h2-12H2,1H3,(H,13,14,15);(H2,2,3,4);;/q;;2*+1/p-2. The molecule has 0 atom stereocenters. The molecule has 10 heteroatoms. The van der Waals surface area contributed by atoms with Crippen molar-refractivity contribution in [2.75, 3.05) is 6.61 Å². The van der Waals surface area contributed by atoms with Crippen LogP contribution >= 0.6 is 0 Å². The van der Waals surface area contributed by atoms with Gasteiger partial charge in [0, 0.05) is 0 Å². The molecule has 0 bridgehead atoms. The van der Waals surface area contributed by atoms with Gasteiger partial charge in [0.15, 0.2) is 0 Å². The molecular weight excluding hydrogens is 346 g/mol. The maximum Gasteiger partial charge on any atom is 1.00 e. The smallest absolute Gasteiger partial charge is 0.726 e. The first-order valence-electron chi connectivity index (χ1n) is 7.29. The van der Waals surface area contributed by atoms with E-state index in [1.165, 1.54) is 44.9 Å². The third kappa shape index (κ3) is 45.1. The molecule has 128 valence electrons. The van der Waals surface area contributed by atoms with Gasteiger partial charge in [-0.25, -0.2) is 8.42 Å². The number of hydrogen-bond donors (Lipinski definition) is 1. The van der Waals surface area contributed by atoms with Crippen LogP contribution in [-0.2, 0) is 14.6 Å². The Hall–Kier alpha value is 1.14. The molecule has 0 radical (unpaired) electrons. The summed E-state index contributed by atoms with van der Waals surface area (Å²) in [6, 6.07) is 0. The minimum atomic E-state index is -4.48. The average Bonchev–Trinajstić information content (AvgIpc) is 2.34. The van der Waals surface area contributed by atoms with Crippen LogP contribution in [0.2, 0.25) is 0 Å². The van der Waals surface area contributed by atoms with E-state index < -0.39 is 16.6 Å². The summed E-state index contributed by atoms with van der Waals surface area (Å²) < 4.78 is 34.5. The van der Waals surface area contributed by atoms with Crippen molar-refractivity contribution in [3.8, 4) is 0 Å². The number of hydrogen-bond acceptors (Lipinski definition) is 6. The first-order valence-corrected chi connectivity index (χ1v) is 8.63. The molecule has 0 aliphatic rings. The summed E-state index contributed by atoms with van der Waals surface area (Å²) in [5, 5.41) is 15.3. The average molecular weight is 372 g/mol. The third-order valence-electron chi connectivity index (χ3n) is 2.73. The Morgan fingerprint density at radius 2 is 1.22 bits per heavy atom. The summed E-state index contributed by atoms with van der Waals surface area (Å²) in [5.41, 5.74) is 0. The number of rotatable bonds is 12. The number of carboxylic acid groups (broad SMARTS) is 2. The van der Waals surface area contributed by atoms with Gasteiger partial charge < -0.3 is 19.6 Å². The van der Waals surface area contributed by atoms with E-state index in [-0.39, 0.29) is 65.7 Å². The molecule has 23 heavy (non-hydrogen) atoms. The van der Waals surface area contributed by atoms with Crippen molar-refractivity contribution in [2.45, 2.75) is 71.1 Å². The molecule has 0 aromatic carbocycles. The number of unbranched alkanes of at least 4 members (excludes halogenated alkanes) is 9. The van der Waals surface area contributed by atoms with Gasteiger partial charge in [0.1, 0.15) is 0 Å². The molecule has 0 saturated carbocycles. The maximum absolute atomic E-state index is 10.1. The van der Waals surface area contributed by atoms with Crippen LogP contribution in [0, 0.1) is 0 Å². The summed E-state index contributed by atoms with van der Waals surface area (Å²) in [4.78, 5) is 8.44. The maximum atomic E-state index is 10.1. The molecule has 0 amide bonds. The fourth-order valence-electron chi connectivity index (χ4n) is 1.75. The van der Waals surface area contributed by atoms with E-state index in [0.717, 1.165) is 12.8 Å². The van der Waals surface area contributed by atoms with Crippen molar-refractivity contribution in [2.24, 2.45) is 0 Å². The van der Waals surface area contributed by atoms with Crippen molar-refractivity contribution in [3.63, 3.8) is 0 Å². The van der Waals surface area contributed by atoms with Gasteiger partial charge >= 0.3 is 59.1 Å². The largest absolute Gasteiger partial charge is 1.00 e. The Kier molecular flexibility index (Phi) is 32.1. The minimum absolute atomic E-state index is 0. The van der Waals surface area contributed by atoms with Crippen molar-refractivity contribution in [1.82, 2.24) is 0 Å². The van der Waals surface area contributed by atoms with Crippen LogP contribution in [0.25, 0.3) is 0 Å². The molecule has 0 fully saturated rings. The minimum Gasteiger partial charge on any atom is -0.726 e. The van der Waals surface area contributed by atoms with E-state index in [1.807, 2.05) is 0 Å². The predicted octanol–water partition coefficient (Wildman–Crippen LogP) is -3.72. The molecule has 0 rings (SSSR count). The van der Waals surface area contributed by atoms with Gasteiger partial charge in [-0.05, 0) is 6.42 Å². The van der Waals surface area contributed by atoms with Gasteiger partial charge in [-0.1, -0.05) is 64.7 Å². The van der Waals surface area contributed by atoms with E-state index in [2.05, 4.69) is 11.1 Å².